The summed E-state index contributed by atoms with van der Waals surface area (Å²) >= 11 is 0. The second-order valence-electron chi connectivity index (χ2n) is 6.41. The molecule has 0 saturated heterocycles. The van der Waals surface area contributed by atoms with Crippen LogP contribution in [0.4, 0.5) is 16.4 Å². The smallest absolute Gasteiger partial charge is 0.340 e. The Kier molecular flexibility index (Phi) is 5.08. The molecule has 0 aliphatic heterocycles. The summed E-state index contributed by atoms with van der Waals surface area (Å²) < 4.78 is 11.5. The third-order valence-corrected chi connectivity index (χ3v) is 4.54. The van der Waals surface area contributed by atoms with E-state index in [0.29, 0.717) is 23.1 Å². The second kappa shape index (κ2) is 8.00. The van der Waals surface area contributed by atoms with Gasteiger partial charge in [-0.3, -0.25) is 5.10 Å². The van der Waals surface area contributed by atoms with E-state index in [2.05, 4.69) is 20.6 Å². The van der Waals surface area contributed by atoms with Gasteiger partial charge in [-0.05, 0) is 54.1 Å². The van der Waals surface area contributed by atoms with Crippen LogP contribution in [0.1, 0.15) is 0 Å². The third-order valence-electron chi connectivity index (χ3n) is 4.54. The monoisotopic (exact) mass is 404 g/mol. The quantitative estimate of drug-likeness (QED) is 0.451. The van der Waals surface area contributed by atoms with E-state index < -0.39 is 6.03 Å². The van der Waals surface area contributed by atoms with Gasteiger partial charge in [-0.25, -0.2) is 4.79 Å². The number of amides is 1. The van der Waals surface area contributed by atoms with Crippen molar-refractivity contribution < 1.29 is 14.3 Å². The Morgan fingerprint density at radius 1 is 0.933 bits per heavy atom. The molecule has 0 radical (unpaired) electrons. The fourth-order valence-electron chi connectivity index (χ4n) is 3.01. The molecule has 0 atom stereocenters. The maximum atomic E-state index is 11.9. The molecule has 9 nitrogen and oxygen atoms in total. The fourth-order valence-corrected chi connectivity index (χ4v) is 3.01. The Bertz CT molecular complexity index is 1160. The number of nitrogens with zero attached hydrogens (tertiary/aromatic N) is 3. The first-order valence-electron chi connectivity index (χ1n) is 9.08. The molecule has 30 heavy (non-hydrogen) atoms. The summed E-state index contributed by atoms with van der Waals surface area (Å²) in [5.74, 6) is 2.48. The van der Waals surface area contributed by atoms with Crippen molar-refractivity contribution in [3.8, 4) is 34.0 Å². The predicted octanol–water partition coefficient (Wildman–Crippen LogP) is 3.63. The molecule has 152 valence electrons. The van der Waals surface area contributed by atoms with Crippen molar-refractivity contribution in [2.45, 2.75) is 0 Å². The van der Waals surface area contributed by atoms with Crippen molar-refractivity contribution >= 4 is 17.7 Å². The molecule has 0 bridgehead atoms. The molecule has 0 unspecified atom stereocenters. The lowest BCUT2D eigenvalue weighted by atomic mass is 10.1. The topological polar surface area (TPSA) is 120 Å². The van der Waals surface area contributed by atoms with Gasteiger partial charge in [0.25, 0.3) is 0 Å². The molecule has 0 spiro atoms. The van der Waals surface area contributed by atoms with E-state index in [1.54, 1.807) is 32.4 Å². The van der Waals surface area contributed by atoms with E-state index in [4.69, 9.17) is 15.2 Å². The summed E-state index contributed by atoms with van der Waals surface area (Å²) in [5, 5.41) is 14.6. The van der Waals surface area contributed by atoms with Crippen molar-refractivity contribution in [3.63, 3.8) is 0 Å². The summed E-state index contributed by atoms with van der Waals surface area (Å²) in [7, 11) is 3.22. The van der Waals surface area contributed by atoms with E-state index in [0.717, 1.165) is 27.3 Å². The first kappa shape index (κ1) is 19.1. The summed E-state index contributed by atoms with van der Waals surface area (Å²) in [4.78, 5) is 11.9. The lowest BCUT2D eigenvalue weighted by Gasteiger charge is -2.04. The minimum absolute atomic E-state index is 0.437. The van der Waals surface area contributed by atoms with Gasteiger partial charge >= 0.3 is 6.03 Å². The number of carbonyl (C=O) groups is 1. The molecule has 2 heterocycles. The Morgan fingerprint density at radius 3 is 2.10 bits per heavy atom. The van der Waals surface area contributed by atoms with Crippen LogP contribution in [0.25, 0.3) is 22.5 Å². The van der Waals surface area contributed by atoms with Gasteiger partial charge in [0.2, 0.25) is 0 Å². The highest BCUT2D eigenvalue weighted by Gasteiger charge is 2.15. The average molecular weight is 404 g/mol. The zero-order valence-electron chi connectivity index (χ0n) is 16.4. The van der Waals surface area contributed by atoms with E-state index in [9.17, 15) is 4.79 Å². The largest absolute Gasteiger partial charge is 0.497 e. The Balaban J connectivity index is 1.59. The van der Waals surface area contributed by atoms with Crippen LogP contribution in [0.3, 0.4) is 0 Å². The van der Waals surface area contributed by atoms with Crippen LogP contribution in [0, 0.1) is 0 Å². The SMILES string of the molecule is COc1ccc(-c2cc(Nc3cc(-c4ccc(OC)cc4)n(C(N)=O)n3)n[nH]2)cc1. The number of hydrogen-bond donors (Lipinski definition) is 3. The molecule has 0 saturated carbocycles. The molecule has 2 aromatic heterocycles. The normalized spacial score (nSPS) is 10.6. The van der Waals surface area contributed by atoms with Gasteiger partial charge in [0.05, 0.1) is 25.6 Å². The van der Waals surface area contributed by atoms with Crippen molar-refractivity contribution in [2.75, 3.05) is 19.5 Å². The van der Waals surface area contributed by atoms with Gasteiger partial charge in [-0.15, -0.1) is 5.10 Å². The summed E-state index contributed by atoms with van der Waals surface area (Å²) in [6.45, 7) is 0. The minimum Gasteiger partial charge on any atom is -0.497 e. The number of H-pyrrole nitrogens is 1. The molecule has 0 fully saturated rings. The van der Waals surface area contributed by atoms with E-state index in [1.165, 1.54) is 0 Å². The lowest BCUT2D eigenvalue weighted by Crippen LogP contribution is -2.21. The Hall–Kier alpha value is -4.27. The fraction of sp³-hybridized carbons (Fsp3) is 0.0952. The molecule has 9 heteroatoms. The number of benzene rings is 2. The van der Waals surface area contributed by atoms with Crippen LogP contribution in [-0.4, -0.2) is 40.2 Å². The van der Waals surface area contributed by atoms with Crippen LogP contribution < -0.4 is 20.5 Å². The van der Waals surface area contributed by atoms with Crippen LogP contribution in [0.5, 0.6) is 11.5 Å². The molecule has 0 aliphatic carbocycles. The molecule has 0 aliphatic rings. The third kappa shape index (κ3) is 3.81. The first-order chi connectivity index (χ1) is 14.6. The van der Waals surface area contributed by atoms with Crippen LogP contribution in [0.2, 0.25) is 0 Å². The summed E-state index contributed by atoms with van der Waals surface area (Å²) in [6, 6.07) is 17.8. The summed E-state index contributed by atoms with van der Waals surface area (Å²) in [5.41, 5.74) is 8.60. The van der Waals surface area contributed by atoms with Gasteiger partial charge in [0.1, 0.15) is 11.5 Å². The molecular weight excluding hydrogens is 384 g/mol. The van der Waals surface area contributed by atoms with Gasteiger partial charge in [-0.1, -0.05) is 0 Å². The van der Waals surface area contributed by atoms with Crippen LogP contribution in [0.15, 0.2) is 60.7 Å². The average Bonchev–Trinajstić information content (AvgIpc) is 3.41. The van der Waals surface area contributed by atoms with Crippen LogP contribution in [-0.2, 0) is 0 Å². The van der Waals surface area contributed by atoms with Gasteiger partial charge in [0, 0.05) is 17.7 Å². The lowest BCUT2D eigenvalue weighted by molar-refractivity contribution is 0.248. The zero-order valence-corrected chi connectivity index (χ0v) is 16.4. The number of aromatic nitrogens is 4. The molecule has 2 aromatic carbocycles. The predicted molar refractivity (Wildman–Crippen MR) is 113 cm³/mol. The van der Waals surface area contributed by atoms with E-state index >= 15 is 0 Å². The highest BCUT2D eigenvalue weighted by molar-refractivity contribution is 5.82. The highest BCUT2D eigenvalue weighted by atomic mass is 16.5. The molecule has 1 amide bonds. The molecular formula is C21H20N6O3. The molecule has 4 N–H and O–H groups in total. The number of primary amides is 1. The number of rotatable bonds is 6. The molecule has 4 rings (SSSR count). The van der Waals surface area contributed by atoms with Gasteiger partial charge in [-0.2, -0.15) is 9.78 Å². The van der Waals surface area contributed by atoms with E-state index in [-0.39, 0.29) is 0 Å². The number of hydrogen-bond acceptors (Lipinski definition) is 6. The van der Waals surface area contributed by atoms with Gasteiger partial charge < -0.3 is 20.5 Å². The first-order valence-corrected chi connectivity index (χ1v) is 9.08. The number of carbonyl (C=O) groups excluding carboxylic acids is 1. The number of anilines is 2. The number of ether oxygens (including phenoxy) is 2. The number of nitrogens with two attached hydrogens (primary N) is 1. The van der Waals surface area contributed by atoms with Crippen molar-refractivity contribution in [1.29, 1.82) is 0 Å². The van der Waals surface area contributed by atoms with Crippen molar-refractivity contribution in [2.24, 2.45) is 5.73 Å². The maximum Gasteiger partial charge on any atom is 0.340 e. The van der Waals surface area contributed by atoms with E-state index in [1.807, 2.05) is 42.5 Å². The highest BCUT2D eigenvalue weighted by Crippen LogP contribution is 2.27. The number of methoxy groups -OCH3 is 2. The van der Waals surface area contributed by atoms with Gasteiger partial charge in [0.15, 0.2) is 11.6 Å². The standard InChI is InChI=1S/C21H20N6O3/c1-29-15-7-3-13(4-8-15)17-11-19(25-24-17)23-20-12-18(27(26-20)21(22)28)14-5-9-16(30-2)10-6-14/h3-12H,1-2H3,(H2,22,28)(H2,23,24,25,26). The minimum atomic E-state index is -0.685. The number of aromatic amines is 1. The number of nitrogens with one attached hydrogen (secondary N) is 2. The van der Waals surface area contributed by atoms with Crippen molar-refractivity contribution in [1.82, 2.24) is 20.0 Å². The maximum absolute atomic E-state index is 11.9. The second-order valence-corrected chi connectivity index (χ2v) is 6.41. The molecule has 4 aromatic rings. The van der Waals surface area contributed by atoms with Crippen molar-refractivity contribution in [3.05, 3.63) is 60.7 Å². The zero-order chi connectivity index (χ0) is 21.1. The van der Waals surface area contributed by atoms with Crippen LogP contribution >= 0.6 is 0 Å². The summed E-state index contributed by atoms with van der Waals surface area (Å²) in [6.07, 6.45) is 0. The Labute approximate surface area is 172 Å². The Morgan fingerprint density at radius 2 is 1.53 bits per heavy atom.